The Morgan fingerprint density at radius 1 is 1.18 bits per heavy atom. The summed E-state index contributed by atoms with van der Waals surface area (Å²) in [5.41, 5.74) is 0.564. The number of hydrogen-bond donors (Lipinski definition) is 2. The number of rotatable bonds is 2. The minimum Gasteiger partial charge on any atom is -0.335 e. The molecule has 1 aromatic carbocycles. The van der Waals surface area contributed by atoms with Crippen molar-refractivity contribution in [2.45, 2.75) is 19.5 Å². The van der Waals surface area contributed by atoms with Crippen LogP contribution in [0.3, 0.4) is 0 Å². The number of benzene rings is 1. The van der Waals surface area contributed by atoms with Crippen LogP contribution in [0.15, 0.2) is 16.9 Å². The first-order chi connectivity index (χ1) is 10.5. The average molecular weight is 327 g/mol. The van der Waals surface area contributed by atoms with Crippen LogP contribution in [0.2, 0.25) is 0 Å². The first-order valence-electron chi connectivity index (χ1n) is 6.65. The highest BCUT2D eigenvalue weighted by molar-refractivity contribution is 7.71. The average Bonchev–Trinajstić information content (AvgIpc) is 2.48. The van der Waals surface area contributed by atoms with Crippen molar-refractivity contribution in [2.24, 2.45) is 0 Å². The molecule has 22 heavy (non-hydrogen) atoms. The summed E-state index contributed by atoms with van der Waals surface area (Å²) in [5, 5.41) is 0. The van der Waals surface area contributed by atoms with E-state index in [-0.39, 0.29) is 29.0 Å². The summed E-state index contributed by atoms with van der Waals surface area (Å²) in [5.74, 6) is -3.08. The predicted octanol–water partition coefficient (Wildman–Crippen LogP) is 2.41. The minimum atomic E-state index is -1.19. The quantitative estimate of drug-likeness (QED) is 0.658. The van der Waals surface area contributed by atoms with Crippen LogP contribution in [0.5, 0.6) is 0 Å². The van der Waals surface area contributed by atoms with E-state index in [4.69, 9.17) is 12.2 Å². The molecule has 0 amide bonds. The van der Waals surface area contributed by atoms with Crippen LogP contribution < -0.4 is 5.56 Å². The Balaban J connectivity index is 1.89. The molecule has 3 rings (SSSR count). The van der Waals surface area contributed by atoms with E-state index < -0.39 is 17.5 Å². The Morgan fingerprint density at radius 2 is 1.91 bits per heavy atom. The highest BCUT2D eigenvalue weighted by Crippen LogP contribution is 2.21. The molecule has 1 aromatic heterocycles. The van der Waals surface area contributed by atoms with Gasteiger partial charge in [-0.05, 0) is 24.4 Å². The molecular weight excluding hydrogens is 315 g/mol. The van der Waals surface area contributed by atoms with Gasteiger partial charge in [-0.1, -0.05) is 0 Å². The van der Waals surface area contributed by atoms with Gasteiger partial charge in [-0.15, -0.1) is 0 Å². The van der Waals surface area contributed by atoms with Crippen LogP contribution in [-0.4, -0.2) is 21.4 Å². The number of aromatic amines is 2. The van der Waals surface area contributed by atoms with Gasteiger partial charge in [0.15, 0.2) is 16.4 Å². The van der Waals surface area contributed by atoms with E-state index >= 15 is 0 Å². The molecular formula is C14H12F3N3OS. The second-order valence-electron chi connectivity index (χ2n) is 5.15. The number of aromatic nitrogens is 2. The van der Waals surface area contributed by atoms with Gasteiger partial charge >= 0.3 is 0 Å². The monoisotopic (exact) mass is 327 g/mol. The van der Waals surface area contributed by atoms with E-state index in [2.05, 4.69) is 9.97 Å². The van der Waals surface area contributed by atoms with Crippen molar-refractivity contribution in [3.05, 3.63) is 61.5 Å². The number of nitrogens with one attached hydrogen (secondary N) is 2. The third kappa shape index (κ3) is 2.71. The van der Waals surface area contributed by atoms with Crippen molar-refractivity contribution in [1.29, 1.82) is 0 Å². The predicted molar refractivity (Wildman–Crippen MR) is 76.4 cm³/mol. The fourth-order valence-electron chi connectivity index (χ4n) is 2.59. The van der Waals surface area contributed by atoms with Gasteiger partial charge < -0.3 is 4.98 Å². The van der Waals surface area contributed by atoms with Crippen LogP contribution >= 0.6 is 12.2 Å². The van der Waals surface area contributed by atoms with Gasteiger partial charge in [0.05, 0.1) is 5.56 Å². The fraction of sp³-hybridized carbons (Fsp3) is 0.286. The molecule has 2 aromatic rings. The Labute approximate surface area is 128 Å². The lowest BCUT2D eigenvalue weighted by molar-refractivity contribution is 0.233. The van der Waals surface area contributed by atoms with Crippen LogP contribution in [0, 0.1) is 22.2 Å². The van der Waals surface area contributed by atoms with Gasteiger partial charge in [-0.25, -0.2) is 13.2 Å². The lowest BCUT2D eigenvalue weighted by Gasteiger charge is -2.28. The zero-order valence-corrected chi connectivity index (χ0v) is 12.2. The lowest BCUT2D eigenvalue weighted by Crippen LogP contribution is -2.35. The molecule has 0 fully saturated rings. The maximum atomic E-state index is 13.7. The molecule has 8 heteroatoms. The number of fused-ring (bicyclic) bond motifs is 1. The molecule has 0 saturated carbocycles. The summed E-state index contributed by atoms with van der Waals surface area (Å²) in [6.07, 6.45) is 0.501. The number of H-pyrrole nitrogens is 2. The van der Waals surface area contributed by atoms with Gasteiger partial charge in [0.25, 0.3) is 5.56 Å². The Hall–Kier alpha value is -1.93. The van der Waals surface area contributed by atoms with E-state index in [9.17, 15) is 18.0 Å². The Morgan fingerprint density at radius 3 is 2.68 bits per heavy atom. The van der Waals surface area contributed by atoms with E-state index in [1.165, 1.54) is 0 Å². The van der Waals surface area contributed by atoms with Crippen LogP contribution in [0.1, 0.15) is 16.8 Å². The van der Waals surface area contributed by atoms with Gasteiger partial charge in [0.2, 0.25) is 0 Å². The number of nitrogens with zero attached hydrogens (tertiary/aromatic N) is 1. The summed E-state index contributed by atoms with van der Waals surface area (Å²) in [6, 6.07) is 1.65. The van der Waals surface area contributed by atoms with Gasteiger partial charge in [-0.3, -0.25) is 14.7 Å². The van der Waals surface area contributed by atoms with Crippen LogP contribution in [0.25, 0.3) is 0 Å². The molecule has 2 N–H and O–H groups in total. The highest BCUT2D eigenvalue weighted by atomic mass is 32.1. The van der Waals surface area contributed by atoms with E-state index in [0.717, 1.165) is 17.8 Å². The molecule has 0 saturated heterocycles. The first kappa shape index (κ1) is 15.0. The van der Waals surface area contributed by atoms with Crippen molar-refractivity contribution in [2.75, 3.05) is 6.54 Å². The number of halogens is 3. The van der Waals surface area contributed by atoms with Crippen molar-refractivity contribution in [3.8, 4) is 0 Å². The SMILES string of the molecule is O=c1[nH]c(=S)[nH]c2c1CN(Cc1c(F)ccc(F)c1F)CC2. The van der Waals surface area contributed by atoms with Crippen molar-refractivity contribution >= 4 is 12.2 Å². The molecule has 0 unspecified atom stereocenters. The first-order valence-corrected chi connectivity index (χ1v) is 7.05. The van der Waals surface area contributed by atoms with Crippen LogP contribution in [0.4, 0.5) is 13.2 Å². The van der Waals surface area contributed by atoms with E-state index in [1.54, 1.807) is 4.90 Å². The lowest BCUT2D eigenvalue weighted by atomic mass is 10.1. The molecule has 4 nitrogen and oxygen atoms in total. The van der Waals surface area contributed by atoms with Crippen molar-refractivity contribution in [1.82, 2.24) is 14.9 Å². The van der Waals surface area contributed by atoms with Crippen molar-refractivity contribution < 1.29 is 13.2 Å². The largest absolute Gasteiger partial charge is 0.335 e. The summed E-state index contributed by atoms with van der Waals surface area (Å²) < 4.78 is 40.9. The van der Waals surface area contributed by atoms with Crippen molar-refractivity contribution in [3.63, 3.8) is 0 Å². The smallest absolute Gasteiger partial charge is 0.256 e. The third-order valence-corrected chi connectivity index (χ3v) is 3.91. The molecule has 2 heterocycles. The summed E-state index contributed by atoms with van der Waals surface area (Å²) >= 11 is 4.90. The molecule has 116 valence electrons. The molecule has 1 aliphatic rings. The van der Waals surface area contributed by atoms with E-state index in [0.29, 0.717) is 18.5 Å². The summed E-state index contributed by atoms with van der Waals surface area (Å²) in [6.45, 7) is 0.591. The summed E-state index contributed by atoms with van der Waals surface area (Å²) in [4.78, 5) is 19.0. The Bertz CT molecular complexity index is 846. The van der Waals surface area contributed by atoms with Gasteiger partial charge in [0.1, 0.15) is 5.82 Å². The standard InChI is InChI=1S/C14H12F3N3OS/c15-9-1-2-10(16)12(17)7(9)5-20-4-3-11-8(6-20)13(21)19-14(22)18-11/h1-2H,3-6H2,(H2,18,19,21,22). The molecule has 1 aliphatic heterocycles. The van der Waals surface area contributed by atoms with Gasteiger partial charge in [-0.2, -0.15) is 0 Å². The van der Waals surface area contributed by atoms with Gasteiger partial charge in [0, 0.05) is 37.3 Å². The molecule has 0 radical (unpaired) electrons. The highest BCUT2D eigenvalue weighted by Gasteiger charge is 2.23. The maximum Gasteiger partial charge on any atom is 0.256 e. The molecule has 0 spiro atoms. The van der Waals surface area contributed by atoms with E-state index in [1.807, 2.05) is 0 Å². The second-order valence-corrected chi connectivity index (χ2v) is 5.56. The molecule has 0 bridgehead atoms. The number of hydrogen-bond acceptors (Lipinski definition) is 3. The second kappa shape index (κ2) is 5.69. The topological polar surface area (TPSA) is 51.9 Å². The maximum absolute atomic E-state index is 13.7. The normalized spacial score (nSPS) is 14.9. The Kier molecular flexibility index (Phi) is 3.88. The zero-order valence-electron chi connectivity index (χ0n) is 11.4. The van der Waals surface area contributed by atoms with Crippen LogP contribution in [-0.2, 0) is 19.5 Å². The third-order valence-electron chi connectivity index (χ3n) is 3.71. The fourth-order valence-corrected chi connectivity index (χ4v) is 2.80. The molecule has 0 atom stereocenters. The minimum absolute atomic E-state index is 0.107. The molecule has 0 aliphatic carbocycles. The zero-order chi connectivity index (χ0) is 15.9. The summed E-state index contributed by atoms with van der Waals surface area (Å²) in [7, 11) is 0.